The van der Waals surface area contributed by atoms with Crippen LogP contribution in [0.5, 0.6) is 0 Å². The molecule has 0 fully saturated rings. The van der Waals surface area contributed by atoms with Gasteiger partial charge in [-0.3, -0.25) is 0 Å². The van der Waals surface area contributed by atoms with Gasteiger partial charge in [0.05, 0.1) is 0 Å². The molecule has 8 aromatic rings. The molecule has 0 saturated carbocycles. The fourth-order valence-electron chi connectivity index (χ4n) is 8.09. The maximum absolute atomic E-state index is 5.26. The lowest BCUT2D eigenvalue weighted by molar-refractivity contribution is 0.660. The molecule has 0 spiro atoms. The molecular weight excluding hydrogens is 595 g/mol. The van der Waals surface area contributed by atoms with Gasteiger partial charge in [0.15, 0.2) is 17.5 Å². The highest BCUT2D eigenvalue weighted by Gasteiger charge is 2.35. The quantitative estimate of drug-likeness (QED) is 0.195. The first-order chi connectivity index (χ1) is 24.0. The van der Waals surface area contributed by atoms with Gasteiger partial charge in [0.2, 0.25) is 0 Å². The highest BCUT2D eigenvalue weighted by atomic mass is 15.0. The molecule has 1 aromatic heterocycles. The highest BCUT2D eigenvalue weighted by Crippen LogP contribution is 2.53. The lowest BCUT2D eigenvalue weighted by Crippen LogP contribution is -2.15. The fraction of sp³-hybridized carbons (Fsp3) is 0.0652. The summed E-state index contributed by atoms with van der Waals surface area (Å²) in [5, 5.41) is 2.56. The van der Waals surface area contributed by atoms with E-state index in [1.165, 1.54) is 66.4 Å². The van der Waals surface area contributed by atoms with Gasteiger partial charge in [-0.05, 0) is 84.6 Å². The van der Waals surface area contributed by atoms with E-state index in [1.807, 2.05) is 18.2 Å². The molecule has 7 aromatic carbocycles. The maximum Gasteiger partial charge on any atom is 0.164 e. The molecule has 10 rings (SSSR count). The molecule has 0 radical (unpaired) electrons. The van der Waals surface area contributed by atoms with Crippen LogP contribution in [-0.2, 0) is 5.41 Å². The molecule has 0 aliphatic heterocycles. The van der Waals surface area contributed by atoms with Crippen molar-refractivity contribution in [3.8, 4) is 78.7 Å². The Morgan fingerprint density at radius 2 is 0.939 bits per heavy atom. The predicted molar refractivity (Wildman–Crippen MR) is 201 cm³/mol. The summed E-state index contributed by atoms with van der Waals surface area (Å²) in [5.41, 5.74) is 15.4. The van der Waals surface area contributed by atoms with Crippen molar-refractivity contribution < 1.29 is 0 Å². The molecule has 2 aliphatic carbocycles. The SMILES string of the molecule is CC1(C)c2ccccc2-c2ccc(-c3nc(-c4ccccc4)nc(-c4cc(-c5ccccc5)c5c(c4)-c4cccc6cccc-5c46)n3)cc21. The van der Waals surface area contributed by atoms with E-state index in [4.69, 9.17) is 15.0 Å². The summed E-state index contributed by atoms with van der Waals surface area (Å²) in [5.74, 6) is 2.00. The minimum atomic E-state index is -0.124. The molecule has 3 nitrogen and oxygen atoms in total. The zero-order valence-corrected chi connectivity index (χ0v) is 27.3. The first-order valence-electron chi connectivity index (χ1n) is 16.9. The third-order valence-electron chi connectivity index (χ3n) is 10.5. The zero-order chi connectivity index (χ0) is 32.7. The van der Waals surface area contributed by atoms with E-state index in [0.29, 0.717) is 17.5 Å². The van der Waals surface area contributed by atoms with Crippen molar-refractivity contribution in [1.82, 2.24) is 15.0 Å². The third-order valence-corrected chi connectivity index (χ3v) is 10.5. The molecule has 3 heteroatoms. The molecule has 230 valence electrons. The summed E-state index contributed by atoms with van der Waals surface area (Å²) < 4.78 is 0. The van der Waals surface area contributed by atoms with E-state index < -0.39 is 0 Å². The van der Waals surface area contributed by atoms with Crippen molar-refractivity contribution in [1.29, 1.82) is 0 Å². The lowest BCUT2D eigenvalue weighted by Gasteiger charge is -2.21. The van der Waals surface area contributed by atoms with Crippen molar-refractivity contribution in [2.45, 2.75) is 19.3 Å². The summed E-state index contributed by atoms with van der Waals surface area (Å²) in [7, 11) is 0. The molecule has 0 saturated heterocycles. The van der Waals surface area contributed by atoms with Gasteiger partial charge in [-0.15, -0.1) is 0 Å². The van der Waals surface area contributed by atoms with E-state index in [1.54, 1.807) is 0 Å². The first kappa shape index (κ1) is 27.9. The largest absolute Gasteiger partial charge is 0.208 e. The smallest absolute Gasteiger partial charge is 0.164 e. The van der Waals surface area contributed by atoms with E-state index in [0.717, 1.165) is 16.7 Å². The third kappa shape index (κ3) is 4.19. The Morgan fingerprint density at radius 1 is 0.367 bits per heavy atom. The van der Waals surface area contributed by atoms with Gasteiger partial charge < -0.3 is 0 Å². The Balaban J connectivity index is 1.21. The van der Waals surface area contributed by atoms with Crippen LogP contribution in [0.2, 0.25) is 0 Å². The van der Waals surface area contributed by atoms with Crippen molar-refractivity contribution in [3.63, 3.8) is 0 Å². The summed E-state index contributed by atoms with van der Waals surface area (Å²) >= 11 is 0. The second kappa shape index (κ2) is 10.4. The molecule has 0 amide bonds. The molecule has 0 atom stereocenters. The summed E-state index contributed by atoms with van der Waals surface area (Å²) in [6, 6.07) is 54.2. The minimum absolute atomic E-state index is 0.124. The van der Waals surface area contributed by atoms with Crippen LogP contribution >= 0.6 is 0 Å². The van der Waals surface area contributed by atoms with Crippen LogP contribution in [-0.4, -0.2) is 15.0 Å². The van der Waals surface area contributed by atoms with Crippen LogP contribution in [0.4, 0.5) is 0 Å². The molecule has 2 aliphatic rings. The van der Waals surface area contributed by atoms with Crippen molar-refractivity contribution in [2.24, 2.45) is 0 Å². The molecule has 0 N–H and O–H groups in total. The maximum atomic E-state index is 5.26. The topological polar surface area (TPSA) is 38.7 Å². The van der Waals surface area contributed by atoms with Crippen LogP contribution in [0.15, 0.2) is 152 Å². The first-order valence-corrected chi connectivity index (χ1v) is 16.9. The molecule has 0 unspecified atom stereocenters. The van der Waals surface area contributed by atoms with E-state index in [2.05, 4.69) is 147 Å². The standard InChI is InChI=1S/C46H31N3/c1-46(2)39-22-10-9-19-33(39)34-24-23-31(27-40(34)46)44-47-43(30-15-7-4-8-16-30)48-45(49-44)32-25-37(28-13-5-3-6-14-28)42-36-21-12-18-29-17-11-20-35(41(29)36)38(42)26-32/h3-27H,1-2H3. The van der Waals surface area contributed by atoms with Gasteiger partial charge in [0.25, 0.3) is 0 Å². The second-order valence-corrected chi connectivity index (χ2v) is 13.6. The molecule has 49 heavy (non-hydrogen) atoms. The second-order valence-electron chi connectivity index (χ2n) is 13.6. The number of rotatable bonds is 4. The van der Waals surface area contributed by atoms with Crippen LogP contribution in [0.25, 0.3) is 89.4 Å². The van der Waals surface area contributed by atoms with Crippen molar-refractivity contribution in [3.05, 3.63) is 163 Å². The number of aromatic nitrogens is 3. The van der Waals surface area contributed by atoms with Gasteiger partial charge in [-0.25, -0.2) is 15.0 Å². The minimum Gasteiger partial charge on any atom is -0.208 e. The van der Waals surface area contributed by atoms with Gasteiger partial charge in [-0.1, -0.05) is 147 Å². The van der Waals surface area contributed by atoms with Crippen LogP contribution in [0.3, 0.4) is 0 Å². The Morgan fingerprint density at radius 3 is 1.69 bits per heavy atom. The van der Waals surface area contributed by atoms with E-state index >= 15 is 0 Å². The number of nitrogens with zero attached hydrogens (tertiary/aromatic N) is 3. The number of benzene rings is 7. The van der Waals surface area contributed by atoms with Crippen LogP contribution < -0.4 is 0 Å². The predicted octanol–water partition coefficient (Wildman–Crippen LogP) is 11.6. The van der Waals surface area contributed by atoms with E-state index in [-0.39, 0.29) is 5.41 Å². The Kier molecular flexibility index (Phi) is 5.92. The fourth-order valence-corrected chi connectivity index (χ4v) is 8.09. The summed E-state index contributed by atoms with van der Waals surface area (Å²) in [6.45, 7) is 4.62. The average Bonchev–Trinajstić information content (AvgIpc) is 3.61. The Labute approximate surface area is 285 Å². The van der Waals surface area contributed by atoms with Gasteiger partial charge in [0.1, 0.15) is 0 Å². The van der Waals surface area contributed by atoms with Crippen LogP contribution in [0.1, 0.15) is 25.0 Å². The van der Waals surface area contributed by atoms with Gasteiger partial charge >= 0.3 is 0 Å². The Hall–Kier alpha value is -6.19. The molecule has 0 bridgehead atoms. The lowest BCUT2D eigenvalue weighted by atomic mass is 9.82. The van der Waals surface area contributed by atoms with Crippen molar-refractivity contribution >= 4 is 10.8 Å². The summed E-state index contributed by atoms with van der Waals surface area (Å²) in [4.78, 5) is 15.5. The highest BCUT2D eigenvalue weighted by molar-refractivity contribution is 6.18. The number of hydrogen-bond donors (Lipinski definition) is 0. The number of hydrogen-bond acceptors (Lipinski definition) is 3. The molecular formula is C46H31N3. The van der Waals surface area contributed by atoms with E-state index in [9.17, 15) is 0 Å². The average molecular weight is 626 g/mol. The molecule has 1 heterocycles. The number of fused-ring (bicyclic) bond motifs is 6. The van der Waals surface area contributed by atoms with Crippen LogP contribution in [0, 0.1) is 0 Å². The zero-order valence-electron chi connectivity index (χ0n) is 27.3. The van der Waals surface area contributed by atoms with Gasteiger partial charge in [0, 0.05) is 22.1 Å². The monoisotopic (exact) mass is 625 g/mol. The Bertz CT molecular complexity index is 2610. The normalized spacial score (nSPS) is 13.3. The van der Waals surface area contributed by atoms with Crippen molar-refractivity contribution in [2.75, 3.05) is 0 Å². The summed E-state index contributed by atoms with van der Waals surface area (Å²) in [6.07, 6.45) is 0. The van der Waals surface area contributed by atoms with Gasteiger partial charge in [-0.2, -0.15) is 0 Å².